The number of halogens is 3. The third-order valence-electron chi connectivity index (χ3n) is 4.31. The molecule has 0 saturated carbocycles. The summed E-state index contributed by atoms with van der Waals surface area (Å²) in [6.07, 6.45) is 0. The molecule has 0 unspecified atom stereocenters. The van der Waals surface area contributed by atoms with Gasteiger partial charge in [-0.3, -0.25) is 14.9 Å². The maximum absolute atomic E-state index is 14.3. The van der Waals surface area contributed by atoms with Crippen LogP contribution in [0.5, 0.6) is 5.75 Å². The molecule has 0 atom stereocenters. The van der Waals surface area contributed by atoms with Crippen LogP contribution in [-0.4, -0.2) is 38.9 Å². The van der Waals surface area contributed by atoms with E-state index in [0.717, 1.165) is 11.8 Å². The summed E-state index contributed by atoms with van der Waals surface area (Å²) in [5.74, 6) is -1.36. The van der Waals surface area contributed by atoms with Crippen LogP contribution in [0.1, 0.15) is 24.2 Å². The van der Waals surface area contributed by atoms with E-state index in [1.807, 2.05) is 13.8 Å². The standard InChI is InChI=1S/C22H21F3N4O3S/c1-13(2)11-29-19(16-5-3-4-6-17(16)23)27-28-22(29)33-12-18(30)26-20(31)14-7-9-15(10-8-14)32-21(24)25/h3-10,13,21H,11-12H2,1-2H3,(H,26,30,31). The second-order valence-electron chi connectivity index (χ2n) is 7.36. The molecule has 0 fully saturated rings. The van der Waals surface area contributed by atoms with E-state index >= 15 is 0 Å². The average Bonchev–Trinajstić information content (AvgIpc) is 3.14. The summed E-state index contributed by atoms with van der Waals surface area (Å²) in [6, 6.07) is 11.2. The van der Waals surface area contributed by atoms with Gasteiger partial charge < -0.3 is 9.30 Å². The molecule has 2 amide bonds. The van der Waals surface area contributed by atoms with Gasteiger partial charge in [0.25, 0.3) is 5.91 Å². The molecule has 3 aromatic rings. The highest BCUT2D eigenvalue weighted by atomic mass is 32.2. The summed E-state index contributed by atoms with van der Waals surface area (Å²) in [7, 11) is 0. The van der Waals surface area contributed by atoms with Crippen LogP contribution in [0.4, 0.5) is 13.2 Å². The van der Waals surface area contributed by atoms with E-state index in [1.165, 1.54) is 30.3 Å². The highest BCUT2D eigenvalue weighted by molar-refractivity contribution is 7.99. The molecule has 0 aliphatic heterocycles. The third-order valence-corrected chi connectivity index (χ3v) is 5.27. The minimum atomic E-state index is -2.97. The van der Waals surface area contributed by atoms with Crippen LogP contribution < -0.4 is 10.1 Å². The SMILES string of the molecule is CC(C)Cn1c(SCC(=O)NC(=O)c2ccc(OC(F)F)cc2)nnc1-c1ccccc1F. The third kappa shape index (κ3) is 6.58. The molecular formula is C22H21F3N4O3S. The minimum Gasteiger partial charge on any atom is -0.435 e. The van der Waals surface area contributed by atoms with Crippen molar-refractivity contribution in [3.8, 4) is 17.1 Å². The van der Waals surface area contributed by atoms with Crippen LogP contribution in [0.3, 0.4) is 0 Å². The summed E-state index contributed by atoms with van der Waals surface area (Å²) in [6.45, 7) is 1.51. The topological polar surface area (TPSA) is 86.1 Å². The maximum Gasteiger partial charge on any atom is 0.387 e. The first-order chi connectivity index (χ1) is 15.7. The Hall–Kier alpha value is -3.34. The molecule has 1 N–H and O–H groups in total. The first kappa shape index (κ1) is 24.3. The molecule has 7 nitrogen and oxygen atoms in total. The molecule has 174 valence electrons. The molecule has 0 radical (unpaired) electrons. The van der Waals surface area contributed by atoms with Crippen molar-refractivity contribution in [1.82, 2.24) is 20.1 Å². The molecule has 2 aromatic carbocycles. The van der Waals surface area contributed by atoms with Crippen molar-refractivity contribution in [3.05, 3.63) is 59.9 Å². The van der Waals surface area contributed by atoms with Crippen LogP contribution in [0, 0.1) is 11.7 Å². The molecule has 0 bridgehead atoms. The van der Waals surface area contributed by atoms with Gasteiger partial charge in [-0.15, -0.1) is 10.2 Å². The lowest BCUT2D eigenvalue weighted by Crippen LogP contribution is -2.31. The molecule has 0 spiro atoms. The Kier molecular flexibility index (Phi) is 8.10. The number of nitrogens with zero attached hydrogens (tertiary/aromatic N) is 3. The van der Waals surface area contributed by atoms with Crippen LogP contribution in [0.2, 0.25) is 0 Å². The van der Waals surface area contributed by atoms with Crippen molar-refractivity contribution in [2.45, 2.75) is 32.2 Å². The van der Waals surface area contributed by atoms with Crippen molar-refractivity contribution in [2.75, 3.05) is 5.75 Å². The van der Waals surface area contributed by atoms with Crippen molar-refractivity contribution in [2.24, 2.45) is 5.92 Å². The number of aromatic nitrogens is 3. The lowest BCUT2D eigenvalue weighted by atomic mass is 10.2. The molecule has 3 rings (SSSR count). The Labute approximate surface area is 192 Å². The van der Waals surface area contributed by atoms with E-state index in [9.17, 15) is 22.8 Å². The quantitative estimate of drug-likeness (QED) is 0.459. The summed E-state index contributed by atoms with van der Waals surface area (Å²) < 4.78 is 44.7. The fraction of sp³-hybridized carbons (Fsp3) is 0.273. The Morgan fingerprint density at radius 2 is 1.79 bits per heavy atom. The second kappa shape index (κ2) is 11.0. The number of benzene rings is 2. The van der Waals surface area contributed by atoms with Crippen molar-refractivity contribution < 1.29 is 27.5 Å². The summed E-state index contributed by atoms with van der Waals surface area (Å²) >= 11 is 1.06. The van der Waals surface area contributed by atoms with E-state index in [-0.39, 0.29) is 23.0 Å². The second-order valence-corrected chi connectivity index (χ2v) is 8.30. The van der Waals surface area contributed by atoms with Gasteiger partial charge in [0.05, 0.1) is 11.3 Å². The van der Waals surface area contributed by atoms with Gasteiger partial charge in [-0.25, -0.2) is 4.39 Å². The number of thioether (sulfide) groups is 1. The molecule has 0 aliphatic rings. The average molecular weight is 478 g/mol. The van der Waals surface area contributed by atoms with E-state index in [0.29, 0.717) is 23.1 Å². The number of hydrogen-bond donors (Lipinski definition) is 1. The first-order valence-electron chi connectivity index (χ1n) is 9.94. The van der Waals surface area contributed by atoms with Crippen molar-refractivity contribution in [3.63, 3.8) is 0 Å². The molecule has 1 heterocycles. The van der Waals surface area contributed by atoms with Gasteiger partial charge in [0, 0.05) is 12.1 Å². The van der Waals surface area contributed by atoms with Crippen molar-refractivity contribution in [1.29, 1.82) is 0 Å². The van der Waals surface area contributed by atoms with Gasteiger partial charge in [-0.05, 0) is 42.3 Å². The fourth-order valence-electron chi connectivity index (χ4n) is 2.92. The normalized spacial score (nSPS) is 11.1. The van der Waals surface area contributed by atoms with E-state index in [4.69, 9.17) is 0 Å². The monoisotopic (exact) mass is 478 g/mol. The molecule has 0 aliphatic carbocycles. The number of hydrogen-bond acceptors (Lipinski definition) is 6. The number of rotatable bonds is 9. The largest absolute Gasteiger partial charge is 0.435 e. The maximum atomic E-state index is 14.3. The molecule has 33 heavy (non-hydrogen) atoms. The minimum absolute atomic E-state index is 0.0985. The number of ether oxygens (including phenoxy) is 1. The van der Waals surface area contributed by atoms with Crippen LogP contribution in [-0.2, 0) is 11.3 Å². The van der Waals surface area contributed by atoms with E-state index in [2.05, 4.69) is 20.3 Å². The van der Waals surface area contributed by atoms with Gasteiger partial charge in [-0.1, -0.05) is 37.7 Å². The fourth-order valence-corrected chi connectivity index (χ4v) is 3.67. The number of carbonyl (C=O) groups excluding carboxylic acids is 2. The highest BCUT2D eigenvalue weighted by Gasteiger charge is 2.19. The zero-order chi connectivity index (χ0) is 24.0. The summed E-state index contributed by atoms with van der Waals surface area (Å²) in [5, 5.41) is 10.8. The van der Waals surface area contributed by atoms with Gasteiger partial charge in [-0.2, -0.15) is 8.78 Å². The van der Waals surface area contributed by atoms with Crippen LogP contribution >= 0.6 is 11.8 Å². The Morgan fingerprint density at radius 1 is 1.09 bits per heavy atom. The predicted octanol–water partition coefficient (Wildman–Crippen LogP) is 4.39. The molecule has 11 heteroatoms. The summed E-state index contributed by atoms with van der Waals surface area (Å²) in [5.41, 5.74) is 0.413. The Balaban J connectivity index is 1.66. The van der Waals surface area contributed by atoms with Gasteiger partial charge in [0.2, 0.25) is 5.91 Å². The molecule has 1 aromatic heterocycles. The number of carbonyl (C=O) groups is 2. The van der Waals surface area contributed by atoms with Gasteiger partial charge in [0.15, 0.2) is 11.0 Å². The molecular weight excluding hydrogens is 457 g/mol. The van der Waals surface area contributed by atoms with Crippen LogP contribution in [0.25, 0.3) is 11.4 Å². The number of alkyl halides is 2. The van der Waals surface area contributed by atoms with Crippen LogP contribution in [0.15, 0.2) is 53.7 Å². The number of amides is 2. The van der Waals surface area contributed by atoms with Gasteiger partial charge >= 0.3 is 6.61 Å². The highest BCUT2D eigenvalue weighted by Crippen LogP contribution is 2.27. The first-order valence-corrected chi connectivity index (χ1v) is 10.9. The van der Waals surface area contributed by atoms with Gasteiger partial charge in [0.1, 0.15) is 11.6 Å². The number of imide groups is 1. The zero-order valence-electron chi connectivity index (χ0n) is 17.8. The number of nitrogens with one attached hydrogen (secondary N) is 1. The predicted molar refractivity (Wildman–Crippen MR) is 117 cm³/mol. The van der Waals surface area contributed by atoms with E-state index < -0.39 is 24.2 Å². The summed E-state index contributed by atoms with van der Waals surface area (Å²) in [4.78, 5) is 24.5. The zero-order valence-corrected chi connectivity index (χ0v) is 18.6. The van der Waals surface area contributed by atoms with Crippen molar-refractivity contribution >= 4 is 23.6 Å². The van der Waals surface area contributed by atoms with E-state index in [1.54, 1.807) is 22.8 Å². The Morgan fingerprint density at radius 3 is 2.42 bits per heavy atom. The lowest BCUT2D eigenvalue weighted by Gasteiger charge is -2.13. The Bertz CT molecular complexity index is 1120. The molecule has 0 saturated heterocycles. The lowest BCUT2D eigenvalue weighted by molar-refractivity contribution is -0.117. The smallest absolute Gasteiger partial charge is 0.387 e.